The molecule has 0 aliphatic rings. The molecule has 3 N–H and O–H groups in total. The summed E-state index contributed by atoms with van der Waals surface area (Å²) >= 11 is 0. The average molecular weight is 365 g/mol. The van der Waals surface area contributed by atoms with Crippen molar-refractivity contribution < 1.29 is 14.4 Å². The van der Waals surface area contributed by atoms with Crippen LogP contribution in [0.15, 0.2) is 54.2 Å². The molecular weight excluding hydrogens is 342 g/mol. The molecular formula is C21H23N3O3. The summed E-state index contributed by atoms with van der Waals surface area (Å²) in [6.45, 7) is 5.05. The third-order valence-electron chi connectivity index (χ3n) is 3.79. The summed E-state index contributed by atoms with van der Waals surface area (Å²) in [5.74, 6) is -0.845. The van der Waals surface area contributed by atoms with Crippen LogP contribution in [0.4, 0.5) is 11.4 Å². The Bertz CT molecular complexity index is 870. The Balaban J connectivity index is 2.17. The van der Waals surface area contributed by atoms with Crippen molar-refractivity contribution in [2.45, 2.75) is 27.2 Å². The molecule has 2 aromatic rings. The molecule has 3 amide bonds. The van der Waals surface area contributed by atoms with Gasteiger partial charge in [-0.1, -0.05) is 31.2 Å². The van der Waals surface area contributed by atoms with Gasteiger partial charge < -0.3 is 16.0 Å². The molecule has 0 unspecified atom stereocenters. The molecule has 0 saturated carbocycles. The van der Waals surface area contributed by atoms with Crippen molar-refractivity contribution in [3.63, 3.8) is 0 Å². The largest absolute Gasteiger partial charge is 0.326 e. The zero-order chi connectivity index (χ0) is 19.8. The molecule has 27 heavy (non-hydrogen) atoms. The Kier molecular flexibility index (Phi) is 6.88. The standard InChI is InChI=1S/C21H23N3O3/c1-4-20(26)23-17-9-11-18(12-10-17)24-21(27)19(22-15(3)25)13-16-8-6-5-7-14(16)2/h5-13H,4H2,1-3H3,(H,22,25)(H,23,26)(H,24,27)/b19-13-. The van der Waals surface area contributed by atoms with Crippen LogP contribution in [0.2, 0.25) is 0 Å². The minimum absolute atomic E-state index is 0.0825. The maximum absolute atomic E-state index is 12.6. The second-order valence-corrected chi connectivity index (χ2v) is 6.03. The van der Waals surface area contributed by atoms with E-state index < -0.39 is 5.91 Å². The molecule has 0 aliphatic carbocycles. The highest BCUT2D eigenvalue weighted by Crippen LogP contribution is 2.16. The Labute approximate surface area is 158 Å². The van der Waals surface area contributed by atoms with Crippen LogP contribution in [0.5, 0.6) is 0 Å². The van der Waals surface area contributed by atoms with Gasteiger partial charge in [0.2, 0.25) is 11.8 Å². The molecule has 2 rings (SSSR count). The van der Waals surface area contributed by atoms with Crippen LogP contribution in [0.25, 0.3) is 6.08 Å². The summed E-state index contributed by atoms with van der Waals surface area (Å²) in [4.78, 5) is 35.5. The first-order valence-corrected chi connectivity index (χ1v) is 8.65. The van der Waals surface area contributed by atoms with Crippen LogP contribution in [-0.4, -0.2) is 17.7 Å². The lowest BCUT2D eigenvalue weighted by atomic mass is 10.1. The third-order valence-corrected chi connectivity index (χ3v) is 3.79. The second-order valence-electron chi connectivity index (χ2n) is 6.03. The molecule has 0 saturated heterocycles. The van der Waals surface area contributed by atoms with Crippen molar-refractivity contribution >= 4 is 35.2 Å². The quantitative estimate of drug-likeness (QED) is 0.685. The van der Waals surface area contributed by atoms with Gasteiger partial charge in [0.25, 0.3) is 5.91 Å². The fourth-order valence-electron chi connectivity index (χ4n) is 2.34. The van der Waals surface area contributed by atoms with Crippen LogP contribution in [-0.2, 0) is 14.4 Å². The lowest BCUT2D eigenvalue weighted by molar-refractivity contribution is -0.120. The van der Waals surface area contributed by atoms with Crippen molar-refractivity contribution in [3.8, 4) is 0 Å². The van der Waals surface area contributed by atoms with Gasteiger partial charge in [0.1, 0.15) is 5.70 Å². The number of hydrogen-bond acceptors (Lipinski definition) is 3. The summed E-state index contributed by atoms with van der Waals surface area (Å²) in [5, 5.41) is 8.06. The van der Waals surface area contributed by atoms with Crippen molar-refractivity contribution in [3.05, 3.63) is 65.4 Å². The van der Waals surface area contributed by atoms with E-state index in [1.807, 2.05) is 31.2 Å². The highest BCUT2D eigenvalue weighted by molar-refractivity contribution is 6.08. The van der Waals surface area contributed by atoms with Gasteiger partial charge in [-0.3, -0.25) is 14.4 Å². The number of carbonyl (C=O) groups is 3. The minimum atomic E-state index is -0.432. The van der Waals surface area contributed by atoms with E-state index in [0.717, 1.165) is 11.1 Å². The fourth-order valence-corrected chi connectivity index (χ4v) is 2.34. The van der Waals surface area contributed by atoms with E-state index in [2.05, 4.69) is 16.0 Å². The number of hydrogen-bond donors (Lipinski definition) is 3. The van der Waals surface area contributed by atoms with Gasteiger partial charge in [0.15, 0.2) is 0 Å². The zero-order valence-corrected chi connectivity index (χ0v) is 15.6. The van der Waals surface area contributed by atoms with E-state index in [4.69, 9.17) is 0 Å². The summed E-state index contributed by atoms with van der Waals surface area (Å²) in [6, 6.07) is 14.3. The predicted molar refractivity (Wildman–Crippen MR) is 107 cm³/mol. The van der Waals surface area contributed by atoms with Gasteiger partial charge in [0.05, 0.1) is 0 Å². The smallest absolute Gasteiger partial charge is 0.272 e. The van der Waals surface area contributed by atoms with Gasteiger partial charge in [0, 0.05) is 24.7 Å². The first-order valence-electron chi connectivity index (χ1n) is 8.65. The minimum Gasteiger partial charge on any atom is -0.326 e. The molecule has 2 aromatic carbocycles. The van der Waals surface area contributed by atoms with Crippen molar-refractivity contribution in [2.75, 3.05) is 10.6 Å². The maximum Gasteiger partial charge on any atom is 0.272 e. The van der Waals surface area contributed by atoms with E-state index in [-0.39, 0.29) is 17.5 Å². The van der Waals surface area contributed by atoms with Gasteiger partial charge in [-0.05, 0) is 48.4 Å². The molecule has 0 aromatic heterocycles. The predicted octanol–water partition coefficient (Wildman–Crippen LogP) is 3.46. The van der Waals surface area contributed by atoms with Gasteiger partial charge in [-0.25, -0.2) is 0 Å². The van der Waals surface area contributed by atoms with Gasteiger partial charge >= 0.3 is 0 Å². The number of amides is 3. The molecule has 140 valence electrons. The van der Waals surface area contributed by atoms with Crippen molar-refractivity contribution in [1.82, 2.24) is 5.32 Å². The Hall–Kier alpha value is -3.41. The molecule has 6 heteroatoms. The van der Waals surface area contributed by atoms with E-state index in [0.29, 0.717) is 17.8 Å². The summed E-state index contributed by atoms with van der Waals surface area (Å²) in [6.07, 6.45) is 2.03. The first-order chi connectivity index (χ1) is 12.9. The highest BCUT2D eigenvalue weighted by atomic mass is 16.2. The summed E-state index contributed by atoms with van der Waals surface area (Å²) < 4.78 is 0. The lowest BCUT2D eigenvalue weighted by Gasteiger charge is -2.11. The SMILES string of the molecule is CCC(=O)Nc1ccc(NC(=O)/C(=C/c2ccccc2C)NC(C)=O)cc1. The van der Waals surface area contributed by atoms with E-state index in [9.17, 15) is 14.4 Å². The van der Waals surface area contributed by atoms with Crippen molar-refractivity contribution in [2.24, 2.45) is 0 Å². The summed E-state index contributed by atoms with van der Waals surface area (Å²) in [7, 11) is 0. The number of benzene rings is 2. The normalized spacial score (nSPS) is 10.9. The maximum atomic E-state index is 12.6. The Morgan fingerprint density at radius 3 is 2.07 bits per heavy atom. The van der Waals surface area contributed by atoms with E-state index in [1.165, 1.54) is 6.92 Å². The number of carbonyl (C=O) groups excluding carboxylic acids is 3. The zero-order valence-electron chi connectivity index (χ0n) is 15.6. The third kappa shape index (κ3) is 6.11. The lowest BCUT2D eigenvalue weighted by Crippen LogP contribution is -2.29. The number of anilines is 2. The van der Waals surface area contributed by atoms with Crippen LogP contribution in [0, 0.1) is 6.92 Å². The number of aryl methyl sites for hydroxylation is 1. The van der Waals surface area contributed by atoms with Crippen LogP contribution in [0.1, 0.15) is 31.4 Å². The van der Waals surface area contributed by atoms with Crippen LogP contribution < -0.4 is 16.0 Å². The molecule has 0 spiro atoms. The van der Waals surface area contributed by atoms with E-state index in [1.54, 1.807) is 37.3 Å². The molecule has 0 atom stereocenters. The fraction of sp³-hybridized carbons (Fsp3) is 0.190. The Morgan fingerprint density at radius 2 is 1.52 bits per heavy atom. The van der Waals surface area contributed by atoms with E-state index >= 15 is 0 Å². The second kappa shape index (κ2) is 9.33. The summed E-state index contributed by atoms with van der Waals surface area (Å²) in [5.41, 5.74) is 3.19. The first kappa shape index (κ1) is 19.9. The van der Waals surface area contributed by atoms with Crippen molar-refractivity contribution in [1.29, 1.82) is 0 Å². The number of nitrogens with one attached hydrogen (secondary N) is 3. The molecule has 0 radical (unpaired) electrons. The number of rotatable bonds is 6. The van der Waals surface area contributed by atoms with Crippen LogP contribution in [0.3, 0.4) is 0 Å². The van der Waals surface area contributed by atoms with Crippen LogP contribution >= 0.6 is 0 Å². The monoisotopic (exact) mass is 365 g/mol. The Morgan fingerprint density at radius 1 is 0.926 bits per heavy atom. The molecule has 0 heterocycles. The molecule has 0 bridgehead atoms. The molecule has 6 nitrogen and oxygen atoms in total. The van der Waals surface area contributed by atoms with Gasteiger partial charge in [-0.15, -0.1) is 0 Å². The highest BCUT2D eigenvalue weighted by Gasteiger charge is 2.12. The average Bonchev–Trinajstić information content (AvgIpc) is 2.64. The topological polar surface area (TPSA) is 87.3 Å². The molecule has 0 aliphatic heterocycles. The van der Waals surface area contributed by atoms with Gasteiger partial charge in [-0.2, -0.15) is 0 Å². The molecule has 0 fully saturated rings.